The lowest BCUT2D eigenvalue weighted by molar-refractivity contribution is -0.385. The molecule has 1 aromatic heterocycles. The molecule has 0 fully saturated rings. The van der Waals surface area contributed by atoms with Crippen LogP contribution in [0, 0.1) is 17.0 Å². The van der Waals surface area contributed by atoms with Crippen molar-refractivity contribution in [1.29, 1.82) is 0 Å². The van der Waals surface area contributed by atoms with Crippen LogP contribution in [0.25, 0.3) is 11.0 Å². The van der Waals surface area contributed by atoms with Crippen LogP contribution in [0.5, 0.6) is 0 Å². The van der Waals surface area contributed by atoms with Crippen molar-refractivity contribution in [1.82, 2.24) is 0 Å². The van der Waals surface area contributed by atoms with Gasteiger partial charge in [0.25, 0.3) is 17.5 Å². The number of fused-ring (bicyclic) bond motifs is 1. The number of hydrogen-bond acceptors (Lipinski definition) is 5. The summed E-state index contributed by atoms with van der Waals surface area (Å²) in [6, 6.07) is 19.6. The SMILES string of the molecule is Cc1ccc(NC(=O)c2oc3ccccc3c2NC(=O)c2ccccc2[N+](=O)[O-])cc1. The summed E-state index contributed by atoms with van der Waals surface area (Å²) >= 11 is 0. The Morgan fingerprint density at radius 1 is 0.871 bits per heavy atom. The normalized spacial score (nSPS) is 10.6. The topological polar surface area (TPSA) is 114 Å². The monoisotopic (exact) mass is 415 g/mol. The zero-order valence-electron chi connectivity index (χ0n) is 16.4. The Kier molecular flexibility index (Phi) is 5.19. The number of benzene rings is 3. The average Bonchev–Trinajstić information content (AvgIpc) is 3.14. The molecule has 4 aromatic rings. The molecule has 2 amide bonds. The summed E-state index contributed by atoms with van der Waals surface area (Å²) in [4.78, 5) is 36.4. The number of amides is 2. The van der Waals surface area contributed by atoms with Crippen LogP contribution in [0.3, 0.4) is 0 Å². The number of rotatable bonds is 5. The molecule has 0 atom stereocenters. The first kappa shape index (κ1) is 19.8. The Labute approximate surface area is 176 Å². The molecule has 0 aliphatic heterocycles. The lowest BCUT2D eigenvalue weighted by Crippen LogP contribution is -2.18. The van der Waals surface area contributed by atoms with Crippen LogP contribution < -0.4 is 10.6 Å². The molecule has 0 saturated carbocycles. The van der Waals surface area contributed by atoms with Gasteiger partial charge in [0.1, 0.15) is 16.8 Å². The van der Waals surface area contributed by atoms with E-state index in [1.54, 1.807) is 36.4 Å². The van der Waals surface area contributed by atoms with Gasteiger partial charge in [-0.1, -0.05) is 42.0 Å². The predicted molar refractivity (Wildman–Crippen MR) is 116 cm³/mol. The fourth-order valence-corrected chi connectivity index (χ4v) is 3.16. The van der Waals surface area contributed by atoms with E-state index in [9.17, 15) is 19.7 Å². The van der Waals surface area contributed by atoms with Crippen LogP contribution in [0.2, 0.25) is 0 Å². The molecule has 3 aromatic carbocycles. The molecule has 31 heavy (non-hydrogen) atoms. The third-order valence-corrected chi connectivity index (χ3v) is 4.70. The van der Waals surface area contributed by atoms with E-state index >= 15 is 0 Å². The van der Waals surface area contributed by atoms with E-state index < -0.39 is 16.7 Å². The minimum atomic E-state index is -0.719. The maximum atomic E-state index is 12.9. The van der Waals surface area contributed by atoms with Gasteiger partial charge in [0.2, 0.25) is 5.76 Å². The highest BCUT2D eigenvalue weighted by Gasteiger charge is 2.25. The third-order valence-electron chi connectivity index (χ3n) is 4.70. The van der Waals surface area contributed by atoms with Crippen molar-refractivity contribution in [3.63, 3.8) is 0 Å². The molecular formula is C23H17N3O5. The molecule has 0 bridgehead atoms. The molecule has 2 N–H and O–H groups in total. The Balaban J connectivity index is 1.72. The molecule has 4 rings (SSSR count). The van der Waals surface area contributed by atoms with E-state index in [4.69, 9.17) is 4.42 Å². The van der Waals surface area contributed by atoms with Crippen LogP contribution in [-0.2, 0) is 0 Å². The molecule has 8 heteroatoms. The van der Waals surface area contributed by atoms with Crippen LogP contribution in [-0.4, -0.2) is 16.7 Å². The number of aryl methyl sites for hydroxylation is 1. The minimum Gasteiger partial charge on any atom is -0.449 e. The number of para-hydroxylation sites is 2. The highest BCUT2D eigenvalue weighted by atomic mass is 16.6. The zero-order valence-corrected chi connectivity index (χ0v) is 16.4. The van der Waals surface area contributed by atoms with Gasteiger partial charge >= 0.3 is 0 Å². The third kappa shape index (κ3) is 3.99. The molecule has 0 unspecified atom stereocenters. The predicted octanol–water partition coefficient (Wildman–Crippen LogP) is 5.15. The summed E-state index contributed by atoms with van der Waals surface area (Å²) in [6.45, 7) is 1.93. The molecule has 0 aliphatic rings. The number of anilines is 2. The van der Waals surface area contributed by atoms with Crippen LogP contribution in [0.4, 0.5) is 17.1 Å². The quantitative estimate of drug-likeness (QED) is 0.345. The second kappa shape index (κ2) is 8.11. The van der Waals surface area contributed by atoms with Crippen molar-refractivity contribution < 1.29 is 18.9 Å². The first-order valence-electron chi connectivity index (χ1n) is 9.38. The number of furan rings is 1. The molecule has 0 aliphatic carbocycles. The molecule has 0 spiro atoms. The standard InChI is InChI=1S/C23H17N3O5/c1-14-10-12-15(13-11-14)24-23(28)21-20(17-7-3-5-9-19(17)31-21)25-22(27)16-6-2-4-8-18(16)26(29)30/h2-13H,1H3,(H,24,28)(H,25,27). The van der Waals surface area contributed by atoms with E-state index in [-0.39, 0.29) is 22.7 Å². The Bertz CT molecular complexity index is 1310. The van der Waals surface area contributed by atoms with Crippen molar-refractivity contribution in [3.8, 4) is 0 Å². The summed E-state index contributed by atoms with van der Waals surface area (Å²) in [5, 5.41) is 17.1. The van der Waals surface area contributed by atoms with Crippen LogP contribution in [0.1, 0.15) is 26.5 Å². The van der Waals surface area contributed by atoms with Crippen molar-refractivity contribution in [2.45, 2.75) is 6.92 Å². The number of carbonyl (C=O) groups excluding carboxylic acids is 2. The maximum absolute atomic E-state index is 12.9. The number of nitrogens with one attached hydrogen (secondary N) is 2. The van der Waals surface area contributed by atoms with Crippen molar-refractivity contribution in [2.75, 3.05) is 10.6 Å². The summed E-state index contributed by atoms with van der Waals surface area (Å²) in [7, 11) is 0. The first-order valence-corrected chi connectivity index (χ1v) is 9.38. The van der Waals surface area contributed by atoms with Gasteiger partial charge < -0.3 is 15.1 Å². The number of hydrogen-bond donors (Lipinski definition) is 2. The lowest BCUT2D eigenvalue weighted by atomic mass is 10.1. The summed E-state index contributed by atoms with van der Waals surface area (Å²) in [5.74, 6) is -1.38. The minimum absolute atomic E-state index is 0.103. The number of nitro benzene ring substituents is 1. The van der Waals surface area contributed by atoms with Crippen molar-refractivity contribution >= 4 is 39.8 Å². The highest BCUT2D eigenvalue weighted by molar-refractivity contribution is 6.17. The van der Waals surface area contributed by atoms with Gasteiger partial charge in [0.15, 0.2) is 0 Å². The number of carbonyl (C=O) groups is 2. The molecular weight excluding hydrogens is 398 g/mol. The van der Waals surface area contributed by atoms with E-state index in [0.717, 1.165) is 5.56 Å². The average molecular weight is 415 g/mol. The fourth-order valence-electron chi connectivity index (χ4n) is 3.16. The maximum Gasteiger partial charge on any atom is 0.293 e. The molecule has 8 nitrogen and oxygen atoms in total. The smallest absolute Gasteiger partial charge is 0.293 e. The number of nitro groups is 1. The van der Waals surface area contributed by atoms with Gasteiger partial charge in [-0.3, -0.25) is 19.7 Å². The van der Waals surface area contributed by atoms with Gasteiger partial charge in [-0.2, -0.15) is 0 Å². The van der Waals surface area contributed by atoms with Crippen LogP contribution >= 0.6 is 0 Å². The molecule has 154 valence electrons. The van der Waals surface area contributed by atoms with Gasteiger partial charge in [-0.25, -0.2) is 0 Å². The van der Waals surface area contributed by atoms with E-state index in [1.807, 2.05) is 19.1 Å². The van der Waals surface area contributed by atoms with E-state index in [2.05, 4.69) is 10.6 Å². The van der Waals surface area contributed by atoms with Crippen molar-refractivity contribution in [2.24, 2.45) is 0 Å². The van der Waals surface area contributed by atoms with Gasteiger partial charge in [-0.05, 0) is 37.3 Å². The fraction of sp³-hybridized carbons (Fsp3) is 0.0435. The molecule has 0 radical (unpaired) electrons. The van der Waals surface area contributed by atoms with Crippen LogP contribution in [0.15, 0.2) is 77.2 Å². The highest BCUT2D eigenvalue weighted by Crippen LogP contribution is 2.32. The Morgan fingerprint density at radius 2 is 1.55 bits per heavy atom. The zero-order chi connectivity index (χ0) is 22.0. The summed E-state index contributed by atoms with van der Waals surface area (Å²) in [6.07, 6.45) is 0. The Hall–Kier alpha value is -4.46. The van der Waals surface area contributed by atoms with E-state index in [1.165, 1.54) is 24.3 Å². The second-order valence-corrected chi connectivity index (χ2v) is 6.85. The Morgan fingerprint density at radius 3 is 2.29 bits per heavy atom. The number of nitrogens with zero attached hydrogens (tertiary/aromatic N) is 1. The first-order chi connectivity index (χ1) is 14.9. The summed E-state index contributed by atoms with van der Waals surface area (Å²) in [5.41, 5.74) is 1.69. The molecule has 0 saturated heterocycles. The van der Waals surface area contributed by atoms with Gasteiger partial charge in [-0.15, -0.1) is 0 Å². The molecule has 1 heterocycles. The lowest BCUT2D eigenvalue weighted by Gasteiger charge is -2.08. The van der Waals surface area contributed by atoms with E-state index in [0.29, 0.717) is 16.7 Å². The van der Waals surface area contributed by atoms with Gasteiger partial charge in [0.05, 0.1) is 4.92 Å². The second-order valence-electron chi connectivity index (χ2n) is 6.85. The van der Waals surface area contributed by atoms with Gasteiger partial charge in [0, 0.05) is 17.1 Å². The largest absolute Gasteiger partial charge is 0.449 e. The van der Waals surface area contributed by atoms with Crippen molar-refractivity contribution in [3.05, 3.63) is 99.8 Å². The summed E-state index contributed by atoms with van der Waals surface area (Å²) < 4.78 is 5.71.